The normalized spacial score (nSPS) is 16.9. The van der Waals surface area contributed by atoms with E-state index < -0.39 is 11.9 Å². The SMILES string of the molecule is N#Cc1ccc(/C(=N\N2CCOCC2)C(F)(F)F)cc1. The Morgan fingerprint density at radius 2 is 1.80 bits per heavy atom. The molecule has 0 unspecified atom stereocenters. The van der Waals surface area contributed by atoms with Gasteiger partial charge in [0.25, 0.3) is 0 Å². The molecule has 1 aliphatic rings. The lowest BCUT2D eigenvalue weighted by Crippen LogP contribution is -2.36. The van der Waals surface area contributed by atoms with Gasteiger partial charge in [-0.15, -0.1) is 0 Å². The Hall–Kier alpha value is -2.07. The van der Waals surface area contributed by atoms with Crippen LogP contribution < -0.4 is 0 Å². The fourth-order valence-electron chi connectivity index (χ4n) is 1.78. The van der Waals surface area contributed by atoms with Crippen LogP contribution in [0.3, 0.4) is 0 Å². The van der Waals surface area contributed by atoms with Crippen molar-refractivity contribution in [3.05, 3.63) is 35.4 Å². The van der Waals surface area contributed by atoms with Crippen molar-refractivity contribution < 1.29 is 17.9 Å². The molecule has 0 bridgehead atoms. The van der Waals surface area contributed by atoms with E-state index in [4.69, 9.17) is 10.00 Å². The highest BCUT2D eigenvalue weighted by atomic mass is 19.4. The molecule has 0 amide bonds. The first kappa shape index (κ1) is 14.3. The Balaban J connectivity index is 2.31. The van der Waals surface area contributed by atoms with Crippen molar-refractivity contribution in [3.8, 4) is 6.07 Å². The smallest absolute Gasteiger partial charge is 0.378 e. The Morgan fingerprint density at radius 1 is 1.20 bits per heavy atom. The molecule has 1 aromatic rings. The lowest BCUT2D eigenvalue weighted by Gasteiger charge is -2.25. The molecule has 0 aromatic heterocycles. The van der Waals surface area contributed by atoms with E-state index in [-0.39, 0.29) is 5.56 Å². The molecule has 0 aliphatic carbocycles. The van der Waals surface area contributed by atoms with Crippen LogP contribution in [0.4, 0.5) is 13.2 Å². The van der Waals surface area contributed by atoms with Crippen LogP contribution in [0.25, 0.3) is 0 Å². The van der Waals surface area contributed by atoms with Gasteiger partial charge in [0.1, 0.15) is 0 Å². The Bertz CT molecular complexity index is 525. The van der Waals surface area contributed by atoms with Gasteiger partial charge >= 0.3 is 6.18 Å². The third-order valence-corrected chi connectivity index (χ3v) is 2.78. The second-order valence-electron chi connectivity index (χ2n) is 4.20. The molecule has 0 atom stereocenters. The molecule has 4 nitrogen and oxygen atoms in total. The number of nitriles is 1. The van der Waals surface area contributed by atoms with Crippen LogP contribution in [0.2, 0.25) is 0 Å². The van der Waals surface area contributed by atoms with Crippen LogP contribution in [0, 0.1) is 11.3 Å². The zero-order valence-corrected chi connectivity index (χ0v) is 10.5. The average Bonchev–Trinajstić information content (AvgIpc) is 2.45. The number of benzene rings is 1. The molecular weight excluding hydrogens is 271 g/mol. The van der Waals surface area contributed by atoms with Gasteiger partial charge in [0.15, 0.2) is 5.71 Å². The monoisotopic (exact) mass is 283 g/mol. The number of hydrogen-bond donors (Lipinski definition) is 0. The Morgan fingerprint density at radius 3 is 2.30 bits per heavy atom. The van der Waals surface area contributed by atoms with E-state index in [9.17, 15) is 13.2 Å². The van der Waals surface area contributed by atoms with Crippen molar-refractivity contribution in [2.24, 2.45) is 5.10 Å². The van der Waals surface area contributed by atoms with Crippen molar-refractivity contribution in [2.45, 2.75) is 6.18 Å². The average molecular weight is 283 g/mol. The minimum atomic E-state index is -4.55. The number of ether oxygens (including phenoxy) is 1. The summed E-state index contributed by atoms with van der Waals surface area (Å²) in [6.45, 7) is 1.38. The number of hydrazone groups is 1. The molecule has 1 fully saturated rings. The van der Waals surface area contributed by atoms with Crippen molar-refractivity contribution in [1.82, 2.24) is 5.01 Å². The summed E-state index contributed by atoms with van der Waals surface area (Å²) in [5.74, 6) is 0. The minimum Gasteiger partial charge on any atom is -0.378 e. The third-order valence-electron chi connectivity index (χ3n) is 2.78. The van der Waals surface area contributed by atoms with Gasteiger partial charge in [0, 0.05) is 5.56 Å². The maximum Gasteiger partial charge on any atom is 0.435 e. The molecule has 106 valence electrons. The lowest BCUT2D eigenvalue weighted by atomic mass is 10.1. The second-order valence-corrected chi connectivity index (χ2v) is 4.20. The fourth-order valence-corrected chi connectivity index (χ4v) is 1.78. The summed E-state index contributed by atoms with van der Waals surface area (Å²) < 4.78 is 44.3. The number of morpholine rings is 1. The third kappa shape index (κ3) is 3.48. The molecule has 1 saturated heterocycles. The molecule has 1 aliphatic heterocycles. The fraction of sp³-hybridized carbons (Fsp3) is 0.385. The van der Waals surface area contributed by atoms with Crippen LogP contribution in [0.1, 0.15) is 11.1 Å². The van der Waals surface area contributed by atoms with Gasteiger partial charge < -0.3 is 4.74 Å². The zero-order chi connectivity index (χ0) is 14.6. The number of alkyl halides is 3. The van der Waals surface area contributed by atoms with Crippen molar-refractivity contribution in [2.75, 3.05) is 26.3 Å². The summed E-state index contributed by atoms with van der Waals surface area (Å²) in [5, 5.41) is 13.7. The number of nitrogens with zero attached hydrogens (tertiary/aromatic N) is 3. The predicted molar refractivity (Wildman–Crippen MR) is 66.1 cm³/mol. The van der Waals surface area contributed by atoms with E-state index in [0.717, 1.165) is 0 Å². The molecule has 1 aromatic carbocycles. The molecule has 1 heterocycles. The first-order chi connectivity index (χ1) is 9.50. The number of hydrogen-bond acceptors (Lipinski definition) is 4. The highest BCUT2D eigenvalue weighted by molar-refractivity contribution is 6.04. The lowest BCUT2D eigenvalue weighted by molar-refractivity contribution is -0.0605. The molecular formula is C13H12F3N3O. The van der Waals surface area contributed by atoms with E-state index in [1.54, 1.807) is 0 Å². The zero-order valence-electron chi connectivity index (χ0n) is 10.5. The molecule has 0 saturated carbocycles. The molecule has 0 spiro atoms. The maximum absolute atomic E-state index is 13.1. The van der Waals surface area contributed by atoms with Gasteiger partial charge in [0.2, 0.25) is 0 Å². The molecule has 2 rings (SSSR count). The van der Waals surface area contributed by atoms with E-state index in [2.05, 4.69) is 5.10 Å². The predicted octanol–water partition coefficient (Wildman–Crippen LogP) is 2.16. The van der Waals surface area contributed by atoms with Gasteiger partial charge in [0.05, 0.1) is 37.9 Å². The van der Waals surface area contributed by atoms with Gasteiger partial charge in [-0.3, -0.25) is 5.01 Å². The highest BCUT2D eigenvalue weighted by Gasteiger charge is 2.37. The summed E-state index contributed by atoms with van der Waals surface area (Å²) >= 11 is 0. The van der Waals surface area contributed by atoms with Crippen LogP contribution in [-0.2, 0) is 4.74 Å². The number of rotatable bonds is 2. The van der Waals surface area contributed by atoms with Gasteiger partial charge in [-0.05, 0) is 12.1 Å². The standard InChI is InChI=1S/C13H12F3N3O/c14-13(15,16)12(18-19-5-7-20-8-6-19)11-3-1-10(9-17)2-4-11/h1-4H,5-8H2/b18-12+. The van der Waals surface area contributed by atoms with E-state index in [0.29, 0.717) is 31.9 Å². The van der Waals surface area contributed by atoms with Crippen LogP contribution in [0.5, 0.6) is 0 Å². The topological polar surface area (TPSA) is 48.6 Å². The largest absolute Gasteiger partial charge is 0.435 e. The molecule has 0 radical (unpaired) electrons. The summed E-state index contributed by atoms with van der Waals surface area (Å²) in [6.07, 6.45) is -4.55. The second kappa shape index (κ2) is 5.92. The molecule has 20 heavy (non-hydrogen) atoms. The summed E-state index contributed by atoms with van der Waals surface area (Å²) in [5.41, 5.74) is -0.700. The highest BCUT2D eigenvalue weighted by Crippen LogP contribution is 2.23. The first-order valence-corrected chi connectivity index (χ1v) is 6.00. The van der Waals surface area contributed by atoms with E-state index in [1.807, 2.05) is 6.07 Å². The Labute approximate surface area is 114 Å². The summed E-state index contributed by atoms with van der Waals surface area (Å²) in [7, 11) is 0. The number of halogens is 3. The van der Waals surface area contributed by atoms with Crippen molar-refractivity contribution >= 4 is 5.71 Å². The van der Waals surface area contributed by atoms with Crippen LogP contribution >= 0.6 is 0 Å². The van der Waals surface area contributed by atoms with Gasteiger partial charge in [-0.1, -0.05) is 12.1 Å². The van der Waals surface area contributed by atoms with Crippen LogP contribution in [-0.4, -0.2) is 43.2 Å². The molecule has 0 N–H and O–H groups in total. The molecule has 7 heteroatoms. The van der Waals surface area contributed by atoms with E-state index in [1.165, 1.54) is 29.3 Å². The van der Waals surface area contributed by atoms with Crippen LogP contribution in [0.15, 0.2) is 29.4 Å². The van der Waals surface area contributed by atoms with Crippen molar-refractivity contribution in [3.63, 3.8) is 0 Å². The van der Waals surface area contributed by atoms with E-state index >= 15 is 0 Å². The Kier molecular flexibility index (Phi) is 4.25. The first-order valence-electron chi connectivity index (χ1n) is 6.00. The van der Waals surface area contributed by atoms with Gasteiger partial charge in [-0.2, -0.15) is 23.5 Å². The summed E-state index contributed by atoms with van der Waals surface area (Å²) in [6, 6.07) is 7.06. The maximum atomic E-state index is 13.1. The quantitative estimate of drug-likeness (QED) is 0.781. The van der Waals surface area contributed by atoms with Crippen molar-refractivity contribution in [1.29, 1.82) is 5.26 Å². The van der Waals surface area contributed by atoms with Gasteiger partial charge in [-0.25, -0.2) is 0 Å². The summed E-state index contributed by atoms with van der Waals surface area (Å²) in [4.78, 5) is 0. The minimum absolute atomic E-state index is 0.0528.